The Kier molecular flexibility index (Phi) is 3.08. The minimum Gasteiger partial charge on any atom is -0.296 e. The highest BCUT2D eigenvalue weighted by molar-refractivity contribution is 5.33. The molecule has 0 saturated heterocycles. The molecule has 0 bridgehead atoms. The molecule has 14 heavy (non-hydrogen) atoms. The second-order valence-corrected chi connectivity index (χ2v) is 3.05. The molecule has 0 aromatic carbocycles. The molecule has 1 rings (SSSR count). The number of hydrazine groups is 1. The molecule has 0 aliphatic heterocycles. The van der Waals surface area contributed by atoms with Crippen LogP contribution in [0.2, 0.25) is 0 Å². The molecular formula is C8H14N4O2. The van der Waals surface area contributed by atoms with E-state index in [-0.39, 0.29) is 5.56 Å². The summed E-state index contributed by atoms with van der Waals surface area (Å²) in [5.41, 5.74) is -0.825. The van der Waals surface area contributed by atoms with Crippen molar-refractivity contribution in [1.29, 1.82) is 0 Å². The summed E-state index contributed by atoms with van der Waals surface area (Å²) < 4.78 is 0.989. The third-order valence-corrected chi connectivity index (χ3v) is 1.90. The number of H-pyrrole nitrogens is 1. The minimum absolute atomic E-state index is 0.347. The van der Waals surface area contributed by atoms with Crippen LogP contribution in [0.25, 0.3) is 0 Å². The van der Waals surface area contributed by atoms with E-state index in [0.717, 1.165) is 11.0 Å². The molecule has 1 heterocycles. The Morgan fingerprint density at radius 2 is 2.21 bits per heavy atom. The second-order valence-electron chi connectivity index (χ2n) is 3.05. The first-order valence-corrected chi connectivity index (χ1v) is 4.39. The van der Waals surface area contributed by atoms with Crippen LogP contribution in [0, 0.1) is 0 Å². The maximum Gasteiger partial charge on any atom is 0.329 e. The molecule has 3 N–H and O–H groups in total. The maximum atomic E-state index is 11.2. The summed E-state index contributed by atoms with van der Waals surface area (Å²) >= 11 is 0. The normalized spacial score (nSPS) is 10.2. The lowest BCUT2D eigenvalue weighted by molar-refractivity contribution is 0.738. The van der Waals surface area contributed by atoms with Gasteiger partial charge in [-0.2, -0.15) is 0 Å². The predicted molar refractivity (Wildman–Crippen MR) is 54.1 cm³/mol. The minimum atomic E-state index is -0.459. The zero-order valence-corrected chi connectivity index (χ0v) is 8.28. The number of nitrogens with one attached hydrogen (secondary N) is 1. The number of aromatic nitrogens is 2. The molecular weight excluding hydrogens is 184 g/mol. The largest absolute Gasteiger partial charge is 0.329 e. The van der Waals surface area contributed by atoms with Crippen LogP contribution in [0.15, 0.2) is 15.7 Å². The molecule has 1 aromatic heterocycles. The van der Waals surface area contributed by atoms with Gasteiger partial charge in [0.15, 0.2) is 0 Å². The maximum absolute atomic E-state index is 11.2. The van der Waals surface area contributed by atoms with Gasteiger partial charge in [0.25, 0.3) is 5.56 Å². The topological polar surface area (TPSA) is 84.1 Å². The summed E-state index contributed by atoms with van der Waals surface area (Å²) in [5, 5.41) is 1.35. The van der Waals surface area contributed by atoms with E-state index >= 15 is 0 Å². The van der Waals surface area contributed by atoms with Gasteiger partial charge in [-0.3, -0.25) is 19.4 Å². The van der Waals surface area contributed by atoms with Crippen LogP contribution in [-0.2, 0) is 7.05 Å². The highest BCUT2D eigenvalue weighted by Crippen LogP contribution is 1.99. The standard InChI is InChI=1S/C8H14N4O2/c1-3-4-12(9)6-5-7(13)11(2)8(14)10-6/h5H,3-4,9H2,1-2H3,(H,10,14). The van der Waals surface area contributed by atoms with Crippen molar-refractivity contribution < 1.29 is 0 Å². The first-order valence-electron chi connectivity index (χ1n) is 4.39. The van der Waals surface area contributed by atoms with Crippen molar-refractivity contribution in [3.05, 3.63) is 26.9 Å². The average Bonchev–Trinajstić information content (AvgIpc) is 2.13. The highest BCUT2D eigenvalue weighted by atomic mass is 16.2. The lowest BCUT2D eigenvalue weighted by atomic mass is 10.4. The van der Waals surface area contributed by atoms with Crippen molar-refractivity contribution in [1.82, 2.24) is 9.55 Å². The fourth-order valence-corrected chi connectivity index (χ4v) is 1.06. The molecule has 6 heteroatoms. The van der Waals surface area contributed by atoms with Gasteiger partial charge in [-0.15, -0.1) is 0 Å². The zero-order valence-electron chi connectivity index (χ0n) is 8.28. The fraction of sp³-hybridized carbons (Fsp3) is 0.500. The molecule has 78 valence electrons. The molecule has 0 radical (unpaired) electrons. The number of aromatic amines is 1. The molecule has 0 aliphatic rings. The molecule has 6 nitrogen and oxygen atoms in total. The van der Waals surface area contributed by atoms with Crippen molar-refractivity contribution in [3.63, 3.8) is 0 Å². The Hall–Kier alpha value is -1.56. The first kappa shape index (κ1) is 10.5. The Labute approximate surface area is 80.9 Å². The molecule has 1 aromatic rings. The summed E-state index contributed by atoms with van der Waals surface area (Å²) in [6.45, 7) is 2.54. The summed E-state index contributed by atoms with van der Waals surface area (Å²) in [5.74, 6) is 5.96. The van der Waals surface area contributed by atoms with Gasteiger partial charge < -0.3 is 0 Å². The third kappa shape index (κ3) is 2.02. The Balaban J connectivity index is 3.13. The van der Waals surface area contributed by atoms with E-state index < -0.39 is 5.69 Å². The Morgan fingerprint density at radius 3 is 2.71 bits per heavy atom. The SMILES string of the molecule is CCCN(N)c1cc(=O)n(C)c(=O)[nH]1. The van der Waals surface area contributed by atoms with Crippen molar-refractivity contribution >= 4 is 5.82 Å². The van der Waals surface area contributed by atoms with Gasteiger partial charge in [-0.25, -0.2) is 10.6 Å². The Bertz CT molecular complexity index is 389. The quantitative estimate of drug-likeness (QED) is 0.490. The summed E-state index contributed by atoms with van der Waals surface area (Å²) in [6.07, 6.45) is 0.841. The number of nitrogens with two attached hydrogens (primary N) is 1. The number of hydrogen-bond donors (Lipinski definition) is 2. The fourth-order valence-electron chi connectivity index (χ4n) is 1.06. The van der Waals surface area contributed by atoms with Crippen molar-refractivity contribution in [2.45, 2.75) is 13.3 Å². The monoisotopic (exact) mass is 198 g/mol. The third-order valence-electron chi connectivity index (χ3n) is 1.90. The molecule has 0 unspecified atom stereocenters. The van der Waals surface area contributed by atoms with Gasteiger partial charge in [0.1, 0.15) is 5.82 Å². The Morgan fingerprint density at radius 1 is 1.57 bits per heavy atom. The number of rotatable bonds is 3. The molecule has 0 fully saturated rings. The second kappa shape index (κ2) is 4.10. The first-order chi connectivity index (χ1) is 6.56. The van der Waals surface area contributed by atoms with Crippen molar-refractivity contribution in [2.24, 2.45) is 12.9 Å². The van der Waals surface area contributed by atoms with E-state index in [9.17, 15) is 9.59 Å². The number of nitrogens with zero attached hydrogens (tertiary/aromatic N) is 2. The molecule has 0 atom stereocenters. The van der Waals surface area contributed by atoms with Gasteiger partial charge in [0, 0.05) is 19.7 Å². The van der Waals surface area contributed by atoms with Gasteiger partial charge in [-0.05, 0) is 6.42 Å². The van der Waals surface area contributed by atoms with Gasteiger partial charge >= 0.3 is 5.69 Å². The van der Waals surface area contributed by atoms with Gasteiger partial charge in [0.2, 0.25) is 0 Å². The van der Waals surface area contributed by atoms with Crippen molar-refractivity contribution in [2.75, 3.05) is 11.6 Å². The summed E-state index contributed by atoms with van der Waals surface area (Å²) in [7, 11) is 1.41. The van der Waals surface area contributed by atoms with Crippen LogP contribution < -0.4 is 22.1 Å². The van der Waals surface area contributed by atoms with Crippen LogP contribution in [0.1, 0.15) is 13.3 Å². The lowest BCUT2D eigenvalue weighted by Gasteiger charge is -2.16. The lowest BCUT2D eigenvalue weighted by Crippen LogP contribution is -2.39. The average molecular weight is 198 g/mol. The number of anilines is 1. The zero-order chi connectivity index (χ0) is 10.7. The summed E-state index contributed by atoms with van der Waals surface area (Å²) in [4.78, 5) is 24.9. The van der Waals surface area contributed by atoms with E-state index in [1.165, 1.54) is 18.1 Å². The van der Waals surface area contributed by atoms with Crippen LogP contribution in [-0.4, -0.2) is 16.1 Å². The predicted octanol–water partition coefficient (Wildman–Crippen LogP) is -0.836. The van der Waals surface area contributed by atoms with E-state index in [4.69, 9.17) is 5.84 Å². The van der Waals surface area contributed by atoms with Crippen LogP contribution in [0.5, 0.6) is 0 Å². The summed E-state index contributed by atoms with van der Waals surface area (Å²) in [6, 6.07) is 1.30. The highest BCUT2D eigenvalue weighted by Gasteiger charge is 2.04. The van der Waals surface area contributed by atoms with E-state index in [1.54, 1.807) is 0 Å². The molecule has 0 spiro atoms. The molecule has 0 amide bonds. The molecule has 0 saturated carbocycles. The van der Waals surface area contributed by atoms with E-state index in [1.807, 2.05) is 6.92 Å². The van der Waals surface area contributed by atoms with E-state index in [2.05, 4.69) is 4.98 Å². The van der Waals surface area contributed by atoms with Crippen LogP contribution in [0.4, 0.5) is 5.82 Å². The van der Waals surface area contributed by atoms with E-state index in [0.29, 0.717) is 12.4 Å². The van der Waals surface area contributed by atoms with Crippen LogP contribution >= 0.6 is 0 Å². The van der Waals surface area contributed by atoms with Crippen LogP contribution in [0.3, 0.4) is 0 Å². The van der Waals surface area contributed by atoms with Crippen molar-refractivity contribution in [3.8, 4) is 0 Å². The van der Waals surface area contributed by atoms with Gasteiger partial charge in [0.05, 0.1) is 0 Å². The number of hydrogen-bond acceptors (Lipinski definition) is 4. The smallest absolute Gasteiger partial charge is 0.296 e. The molecule has 0 aliphatic carbocycles. The van der Waals surface area contributed by atoms with Gasteiger partial charge in [-0.1, -0.05) is 6.92 Å².